The summed E-state index contributed by atoms with van der Waals surface area (Å²) in [4.78, 5) is 10.5. The first kappa shape index (κ1) is 10.2. The van der Waals surface area contributed by atoms with Gasteiger partial charge in [-0.15, -0.1) is 0 Å². The number of hydrogen-bond acceptors (Lipinski definition) is 1. The van der Waals surface area contributed by atoms with Crippen molar-refractivity contribution < 1.29 is 9.18 Å². The molecule has 0 saturated heterocycles. The molecule has 1 aromatic carbocycles. The molecule has 0 aliphatic carbocycles. The van der Waals surface area contributed by atoms with Gasteiger partial charge in [0.25, 0.3) is 0 Å². The van der Waals surface area contributed by atoms with E-state index in [4.69, 9.17) is 11.6 Å². The number of hydrogen-bond donors (Lipinski definition) is 0. The van der Waals surface area contributed by atoms with Crippen LogP contribution in [0.2, 0.25) is 5.02 Å². The SMILES string of the molecule is CC(C)c1cc(C=O)cc(Cl)c1F. The molecule has 0 radical (unpaired) electrons. The van der Waals surface area contributed by atoms with Gasteiger partial charge < -0.3 is 0 Å². The fraction of sp³-hybridized carbons (Fsp3) is 0.300. The summed E-state index contributed by atoms with van der Waals surface area (Å²) < 4.78 is 13.3. The molecule has 70 valence electrons. The second kappa shape index (κ2) is 3.88. The van der Waals surface area contributed by atoms with Crippen LogP contribution >= 0.6 is 11.6 Å². The van der Waals surface area contributed by atoms with E-state index in [0.717, 1.165) is 0 Å². The van der Waals surface area contributed by atoms with E-state index in [2.05, 4.69) is 0 Å². The predicted molar refractivity (Wildman–Crippen MR) is 50.9 cm³/mol. The Balaban J connectivity index is 3.32. The molecule has 0 unspecified atom stereocenters. The Morgan fingerprint density at radius 1 is 1.46 bits per heavy atom. The van der Waals surface area contributed by atoms with Gasteiger partial charge >= 0.3 is 0 Å². The first-order valence-electron chi connectivity index (χ1n) is 4.00. The zero-order valence-electron chi connectivity index (χ0n) is 7.47. The summed E-state index contributed by atoms with van der Waals surface area (Å²) in [5, 5.41) is 0.00769. The highest BCUT2D eigenvalue weighted by molar-refractivity contribution is 6.31. The molecule has 1 nitrogen and oxygen atoms in total. The standard InChI is InChI=1S/C10H10ClFO/c1-6(2)8-3-7(5-13)4-9(11)10(8)12/h3-6H,1-2H3. The molecule has 1 aromatic rings. The third-order valence-corrected chi connectivity index (χ3v) is 2.11. The molecule has 3 heteroatoms. The molecule has 1 rings (SSSR count). The zero-order valence-corrected chi connectivity index (χ0v) is 8.23. The molecule has 0 aliphatic heterocycles. The predicted octanol–water partition coefficient (Wildman–Crippen LogP) is 3.42. The van der Waals surface area contributed by atoms with Crippen molar-refractivity contribution in [1.29, 1.82) is 0 Å². The maximum absolute atomic E-state index is 13.3. The van der Waals surface area contributed by atoms with Gasteiger partial charge in [0.2, 0.25) is 0 Å². The Hall–Kier alpha value is -0.890. The Morgan fingerprint density at radius 2 is 2.08 bits per heavy atom. The van der Waals surface area contributed by atoms with Crippen molar-refractivity contribution in [1.82, 2.24) is 0 Å². The minimum atomic E-state index is -0.428. The highest BCUT2D eigenvalue weighted by Gasteiger charge is 2.11. The van der Waals surface area contributed by atoms with Crippen molar-refractivity contribution in [3.63, 3.8) is 0 Å². The van der Waals surface area contributed by atoms with Crippen molar-refractivity contribution in [3.8, 4) is 0 Å². The van der Waals surface area contributed by atoms with E-state index in [9.17, 15) is 9.18 Å². The van der Waals surface area contributed by atoms with Gasteiger partial charge in [-0.2, -0.15) is 0 Å². The maximum Gasteiger partial charge on any atom is 0.150 e. The van der Waals surface area contributed by atoms with E-state index in [-0.39, 0.29) is 10.9 Å². The van der Waals surface area contributed by atoms with Gasteiger partial charge in [0.05, 0.1) is 5.02 Å². The van der Waals surface area contributed by atoms with Crippen molar-refractivity contribution in [2.45, 2.75) is 19.8 Å². The molecule has 0 heterocycles. The number of carbonyl (C=O) groups excluding carboxylic acids is 1. The molecule has 0 amide bonds. The van der Waals surface area contributed by atoms with Crippen molar-refractivity contribution in [3.05, 3.63) is 34.1 Å². The average molecular weight is 201 g/mol. The molecular formula is C10H10ClFO. The third kappa shape index (κ3) is 2.07. The van der Waals surface area contributed by atoms with Crippen LogP contribution in [0.1, 0.15) is 35.7 Å². The highest BCUT2D eigenvalue weighted by Crippen LogP contribution is 2.25. The van der Waals surface area contributed by atoms with Crippen molar-refractivity contribution in [2.75, 3.05) is 0 Å². The summed E-state index contributed by atoms with van der Waals surface area (Å²) in [6, 6.07) is 2.86. The van der Waals surface area contributed by atoms with Crippen molar-refractivity contribution in [2.24, 2.45) is 0 Å². The second-order valence-electron chi connectivity index (χ2n) is 3.18. The molecule has 0 atom stereocenters. The lowest BCUT2D eigenvalue weighted by molar-refractivity contribution is 0.112. The Kier molecular flexibility index (Phi) is 3.04. The van der Waals surface area contributed by atoms with E-state index >= 15 is 0 Å². The number of rotatable bonds is 2. The first-order valence-corrected chi connectivity index (χ1v) is 4.38. The molecule has 13 heavy (non-hydrogen) atoms. The van der Waals surface area contributed by atoms with E-state index in [1.807, 2.05) is 13.8 Å². The van der Waals surface area contributed by atoms with Gasteiger partial charge in [-0.3, -0.25) is 4.79 Å². The number of halogens is 2. The molecule has 0 N–H and O–H groups in total. The minimum Gasteiger partial charge on any atom is -0.298 e. The molecular weight excluding hydrogens is 191 g/mol. The van der Waals surface area contributed by atoms with Gasteiger partial charge in [-0.25, -0.2) is 4.39 Å². The van der Waals surface area contributed by atoms with Gasteiger partial charge in [0.15, 0.2) is 0 Å². The van der Waals surface area contributed by atoms with E-state index in [1.54, 1.807) is 0 Å². The van der Waals surface area contributed by atoms with Crippen LogP contribution in [0.25, 0.3) is 0 Å². The lowest BCUT2D eigenvalue weighted by atomic mass is 10.0. The quantitative estimate of drug-likeness (QED) is 0.669. The zero-order chi connectivity index (χ0) is 10.0. The number of aldehydes is 1. The summed E-state index contributed by atoms with van der Waals surface area (Å²) in [6.45, 7) is 3.70. The highest BCUT2D eigenvalue weighted by atomic mass is 35.5. The van der Waals surface area contributed by atoms with Crippen LogP contribution in [-0.2, 0) is 0 Å². The lowest BCUT2D eigenvalue weighted by Gasteiger charge is -2.08. The van der Waals surface area contributed by atoms with Crippen LogP contribution in [0.15, 0.2) is 12.1 Å². The Bertz CT molecular complexity index is 334. The summed E-state index contributed by atoms with van der Waals surface area (Å²) in [5.74, 6) is -0.403. The molecule has 0 spiro atoms. The molecule has 0 aromatic heterocycles. The Labute approximate surface area is 81.5 Å². The maximum atomic E-state index is 13.3. The monoisotopic (exact) mass is 200 g/mol. The van der Waals surface area contributed by atoms with Crippen molar-refractivity contribution >= 4 is 17.9 Å². The van der Waals surface area contributed by atoms with Gasteiger partial charge in [0.1, 0.15) is 12.1 Å². The third-order valence-electron chi connectivity index (χ3n) is 1.84. The fourth-order valence-electron chi connectivity index (χ4n) is 1.12. The van der Waals surface area contributed by atoms with Crippen LogP contribution in [0.5, 0.6) is 0 Å². The van der Waals surface area contributed by atoms with Gasteiger partial charge in [0, 0.05) is 5.56 Å². The largest absolute Gasteiger partial charge is 0.298 e. The first-order chi connectivity index (χ1) is 6.06. The summed E-state index contributed by atoms with van der Waals surface area (Å²) in [5.41, 5.74) is 0.893. The topological polar surface area (TPSA) is 17.1 Å². The van der Waals surface area contributed by atoms with Crippen LogP contribution in [0.4, 0.5) is 4.39 Å². The smallest absolute Gasteiger partial charge is 0.150 e. The van der Waals surface area contributed by atoms with E-state index < -0.39 is 5.82 Å². The molecule has 0 bridgehead atoms. The van der Waals surface area contributed by atoms with Crippen LogP contribution in [-0.4, -0.2) is 6.29 Å². The summed E-state index contributed by atoms with van der Waals surface area (Å²) >= 11 is 5.61. The molecule has 0 saturated carbocycles. The normalized spacial score (nSPS) is 10.5. The second-order valence-corrected chi connectivity index (χ2v) is 3.59. The summed E-state index contributed by atoms with van der Waals surface area (Å²) in [6.07, 6.45) is 0.664. The van der Waals surface area contributed by atoms with Crippen LogP contribution < -0.4 is 0 Å². The van der Waals surface area contributed by atoms with Crippen LogP contribution in [0.3, 0.4) is 0 Å². The fourth-order valence-corrected chi connectivity index (χ4v) is 1.36. The van der Waals surface area contributed by atoms with Crippen LogP contribution in [0, 0.1) is 5.82 Å². The lowest BCUT2D eigenvalue weighted by Crippen LogP contribution is -1.96. The van der Waals surface area contributed by atoms with E-state index in [1.165, 1.54) is 12.1 Å². The molecule has 0 fully saturated rings. The van der Waals surface area contributed by atoms with E-state index in [0.29, 0.717) is 17.4 Å². The van der Waals surface area contributed by atoms with Gasteiger partial charge in [-0.05, 0) is 23.6 Å². The molecule has 0 aliphatic rings. The number of carbonyl (C=O) groups is 1. The Morgan fingerprint density at radius 3 is 2.54 bits per heavy atom. The number of benzene rings is 1. The average Bonchev–Trinajstić information content (AvgIpc) is 2.09. The minimum absolute atomic E-state index is 0.00769. The summed E-state index contributed by atoms with van der Waals surface area (Å²) in [7, 11) is 0. The van der Waals surface area contributed by atoms with Gasteiger partial charge in [-0.1, -0.05) is 25.4 Å².